The number of benzene rings is 3. The fourth-order valence-corrected chi connectivity index (χ4v) is 8.51. The highest BCUT2D eigenvalue weighted by Gasteiger charge is 2.43. The largest absolute Gasteiger partial charge is 0.493 e. The Morgan fingerprint density at radius 2 is 1.71 bits per heavy atom. The number of aryl methyl sites for hydroxylation is 1. The van der Waals surface area contributed by atoms with E-state index >= 15 is 0 Å². The molecule has 63 heavy (non-hydrogen) atoms. The van der Waals surface area contributed by atoms with Crippen molar-refractivity contribution in [3.8, 4) is 45.8 Å². The van der Waals surface area contributed by atoms with Gasteiger partial charge in [-0.25, -0.2) is 19.8 Å². The van der Waals surface area contributed by atoms with Crippen molar-refractivity contribution in [3.63, 3.8) is 0 Å². The molecule has 16 heteroatoms. The summed E-state index contributed by atoms with van der Waals surface area (Å²) in [5.41, 5.74) is 4.33. The van der Waals surface area contributed by atoms with E-state index in [4.69, 9.17) is 33.5 Å². The summed E-state index contributed by atoms with van der Waals surface area (Å²) in [6, 6.07) is 17.6. The van der Waals surface area contributed by atoms with Crippen LogP contribution < -0.4 is 33.7 Å². The van der Waals surface area contributed by atoms with Crippen LogP contribution in [0, 0.1) is 18.3 Å². The first-order chi connectivity index (χ1) is 30.5. The maximum absolute atomic E-state index is 14.4. The molecule has 1 saturated carbocycles. The number of hydrogen-bond donors (Lipinski definition) is 2. The molecule has 5 aromatic rings. The van der Waals surface area contributed by atoms with E-state index in [0.717, 1.165) is 29.7 Å². The van der Waals surface area contributed by atoms with Crippen molar-refractivity contribution in [3.05, 3.63) is 83.8 Å². The number of H-pyrrole nitrogens is 1. The second-order valence-electron chi connectivity index (χ2n) is 17.1. The third-order valence-corrected chi connectivity index (χ3v) is 12.2. The molecule has 16 nitrogen and oxygen atoms in total. The van der Waals surface area contributed by atoms with Crippen LogP contribution in [-0.2, 0) is 16.0 Å². The topological polar surface area (TPSA) is 179 Å². The standard InChI is InChI=1S/C47H51N7O9/c1-27-42(41-40(50-27)39(48-25-49-41)38-35(60-24-29-11-12-29)15-16-36-43(38)62-26-61-36)63-46(57)51-32(21-28-9-7-6-8-10-28)44(55)53-19-17-31(18-20-53)54-45(56)47(2,3)23-33(52-54)30-13-14-34(58-4)37(22-30)59-5/h6-10,13-16,22,25,29,31-32,50H,11-12,17-21,23-24,26H2,1-5H3,(H,51,57)/t32-/m1/s1. The first-order valence-electron chi connectivity index (χ1n) is 21.3. The summed E-state index contributed by atoms with van der Waals surface area (Å²) in [7, 11) is 3.17. The molecule has 1 aliphatic carbocycles. The molecule has 2 N–H and O–H groups in total. The molecule has 2 fully saturated rings. The summed E-state index contributed by atoms with van der Waals surface area (Å²) >= 11 is 0. The molecule has 3 amide bonds. The van der Waals surface area contributed by atoms with Crippen LogP contribution in [0.2, 0.25) is 0 Å². The number of aromatic nitrogens is 3. The molecule has 4 aliphatic rings. The van der Waals surface area contributed by atoms with Crippen molar-refractivity contribution in [1.29, 1.82) is 0 Å². The molecular formula is C47H51N7O9. The predicted molar refractivity (Wildman–Crippen MR) is 232 cm³/mol. The Bertz CT molecular complexity index is 2580. The van der Waals surface area contributed by atoms with Gasteiger partial charge >= 0.3 is 6.09 Å². The molecule has 0 spiro atoms. The summed E-state index contributed by atoms with van der Waals surface area (Å²) in [5, 5.41) is 9.39. The smallest absolute Gasteiger partial charge is 0.413 e. The zero-order valence-corrected chi connectivity index (χ0v) is 36.1. The van der Waals surface area contributed by atoms with E-state index < -0.39 is 17.6 Å². The van der Waals surface area contributed by atoms with Gasteiger partial charge in [-0.05, 0) is 74.4 Å². The number of methoxy groups -OCH3 is 2. The van der Waals surface area contributed by atoms with Crippen molar-refractivity contribution in [2.24, 2.45) is 16.4 Å². The first kappa shape index (κ1) is 41.5. The summed E-state index contributed by atoms with van der Waals surface area (Å²) in [6.45, 7) is 7.01. The molecule has 0 unspecified atom stereocenters. The number of nitrogens with zero attached hydrogens (tertiary/aromatic N) is 5. The fraction of sp³-hybridized carbons (Fsp3) is 0.404. The molecular weight excluding hydrogens is 807 g/mol. The number of aromatic amines is 1. The van der Waals surface area contributed by atoms with Crippen LogP contribution in [0.1, 0.15) is 62.8 Å². The highest BCUT2D eigenvalue weighted by molar-refractivity contribution is 6.06. The summed E-state index contributed by atoms with van der Waals surface area (Å²) in [5.74, 6) is 3.27. The lowest BCUT2D eigenvalue weighted by molar-refractivity contribution is -0.145. The van der Waals surface area contributed by atoms with Crippen molar-refractivity contribution in [2.45, 2.75) is 71.4 Å². The number of nitrogens with one attached hydrogen (secondary N) is 2. The molecule has 328 valence electrons. The van der Waals surface area contributed by atoms with Gasteiger partial charge in [-0.1, -0.05) is 44.2 Å². The lowest BCUT2D eigenvalue weighted by atomic mass is 9.82. The van der Waals surface area contributed by atoms with Gasteiger partial charge in [0, 0.05) is 31.5 Å². The second-order valence-corrected chi connectivity index (χ2v) is 17.1. The third kappa shape index (κ3) is 8.41. The molecule has 3 aromatic carbocycles. The van der Waals surface area contributed by atoms with Crippen molar-refractivity contribution in [1.82, 2.24) is 30.2 Å². The Balaban J connectivity index is 0.926. The zero-order chi connectivity index (χ0) is 43.8. The highest BCUT2D eigenvalue weighted by Crippen LogP contribution is 2.49. The van der Waals surface area contributed by atoms with Gasteiger partial charge in [0.05, 0.1) is 54.8 Å². The molecule has 1 atom stereocenters. The minimum absolute atomic E-state index is 0.0646. The van der Waals surface area contributed by atoms with Gasteiger partial charge in [0.1, 0.15) is 29.3 Å². The summed E-state index contributed by atoms with van der Waals surface area (Å²) in [6.07, 6.45) is 4.55. The molecule has 0 bridgehead atoms. The van der Waals surface area contributed by atoms with Crippen LogP contribution in [-0.4, -0.2) is 101 Å². The molecule has 0 radical (unpaired) electrons. The minimum Gasteiger partial charge on any atom is -0.493 e. The maximum atomic E-state index is 14.4. The van der Waals surface area contributed by atoms with E-state index in [1.807, 2.05) is 74.5 Å². The van der Waals surface area contributed by atoms with Gasteiger partial charge in [0.25, 0.3) is 0 Å². The number of fused-ring (bicyclic) bond motifs is 2. The lowest BCUT2D eigenvalue weighted by Gasteiger charge is -2.42. The Morgan fingerprint density at radius 3 is 2.46 bits per heavy atom. The van der Waals surface area contributed by atoms with Gasteiger partial charge < -0.3 is 43.6 Å². The molecule has 2 aromatic heterocycles. The van der Waals surface area contributed by atoms with E-state index in [1.165, 1.54) is 6.33 Å². The van der Waals surface area contributed by atoms with Crippen LogP contribution in [0.4, 0.5) is 4.79 Å². The number of likely N-dealkylation sites (tertiary alicyclic amines) is 1. The van der Waals surface area contributed by atoms with Gasteiger partial charge in [-0.2, -0.15) is 5.10 Å². The van der Waals surface area contributed by atoms with E-state index in [0.29, 0.717) is 102 Å². The highest BCUT2D eigenvalue weighted by atomic mass is 16.7. The lowest BCUT2D eigenvalue weighted by Crippen LogP contribution is -2.56. The number of ether oxygens (including phenoxy) is 6. The normalized spacial score (nSPS) is 17.6. The monoisotopic (exact) mass is 857 g/mol. The number of amides is 3. The number of piperidine rings is 1. The summed E-state index contributed by atoms with van der Waals surface area (Å²) < 4.78 is 34.9. The van der Waals surface area contributed by atoms with Crippen LogP contribution in [0.25, 0.3) is 22.3 Å². The van der Waals surface area contributed by atoms with E-state index in [2.05, 4.69) is 20.3 Å². The van der Waals surface area contributed by atoms with Crippen LogP contribution in [0.3, 0.4) is 0 Å². The van der Waals surface area contributed by atoms with Gasteiger partial charge in [0.15, 0.2) is 28.7 Å². The van der Waals surface area contributed by atoms with Crippen molar-refractivity contribution in [2.75, 3.05) is 40.7 Å². The Hall–Kier alpha value is -6.84. The number of rotatable bonds is 13. The summed E-state index contributed by atoms with van der Waals surface area (Å²) in [4.78, 5) is 56.4. The van der Waals surface area contributed by atoms with Gasteiger partial charge in [-0.3, -0.25) is 9.59 Å². The molecule has 3 aliphatic heterocycles. The first-order valence-corrected chi connectivity index (χ1v) is 21.3. The second kappa shape index (κ2) is 17.1. The SMILES string of the molecule is COc1ccc(C2=NN(C3CCN(C(=O)[C@@H](Cc4ccccc4)NC(=O)Oc4c(C)[nH]c5c(-c6c(OCC7CC7)ccc7c6OCO7)ncnc45)CC3)C(=O)C(C)(C)C2)cc1OC. The Morgan fingerprint density at radius 1 is 0.952 bits per heavy atom. The van der Waals surface area contributed by atoms with Crippen LogP contribution >= 0.6 is 0 Å². The van der Waals surface area contributed by atoms with Gasteiger partial charge in [0.2, 0.25) is 18.6 Å². The van der Waals surface area contributed by atoms with E-state index in [9.17, 15) is 14.4 Å². The van der Waals surface area contributed by atoms with Crippen molar-refractivity contribution >= 4 is 34.7 Å². The molecule has 1 saturated heterocycles. The Labute approximate surface area is 364 Å². The Kier molecular flexibility index (Phi) is 11.3. The molecule has 9 rings (SSSR count). The van der Waals surface area contributed by atoms with Crippen molar-refractivity contribution < 1.29 is 42.8 Å². The molecule has 5 heterocycles. The zero-order valence-electron chi connectivity index (χ0n) is 36.1. The van der Waals surface area contributed by atoms with E-state index in [1.54, 1.807) is 31.1 Å². The van der Waals surface area contributed by atoms with Crippen LogP contribution in [0.15, 0.2) is 72.1 Å². The number of carbonyl (C=O) groups excluding carboxylic acids is 3. The maximum Gasteiger partial charge on any atom is 0.413 e. The minimum atomic E-state index is -0.951. The fourth-order valence-electron chi connectivity index (χ4n) is 8.51. The number of carbonyl (C=O) groups is 3. The predicted octanol–water partition coefficient (Wildman–Crippen LogP) is 6.82. The number of hydrazone groups is 1. The average molecular weight is 858 g/mol. The van der Waals surface area contributed by atoms with Gasteiger partial charge in [-0.15, -0.1) is 0 Å². The average Bonchev–Trinajstić information content (AvgIpc) is 3.91. The van der Waals surface area contributed by atoms with Crippen LogP contribution in [0.5, 0.6) is 34.5 Å². The quantitative estimate of drug-likeness (QED) is 0.127. The third-order valence-electron chi connectivity index (χ3n) is 12.2. The van der Waals surface area contributed by atoms with E-state index in [-0.39, 0.29) is 36.8 Å². The number of hydrogen-bond acceptors (Lipinski definition) is 12.